The number of hydrogen-bond acceptors (Lipinski definition) is 2. The second kappa shape index (κ2) is 4.38. The van der Waals surface area contributed by atoms with Crippen LogP contribution in [-0.4, -0.2) is 13.1 Å². The fraction of sp³-hybridized carbons (Fsp3) is 0.455. The van der Waals surface area contributed by atoms with Gasteiger partial charge in [0.2, 0.25) is 0 Å². The molecule has 76 valence electrons. The molecular weight excluding hydrogens is 287 g/mol. The number of rotatable bonds is 1. The van der Waals surface area contributed by atoms with Gasteiger partial charge in [-0.25, -0.2) is 0 Å². The summed E-state index contributed by atoms with van der Waals surface area (Å²) in [6.07, 6.45) is 4.02. The maximum absolute atomic E-state index is 5.73. The lowest BCUT2D eigenvalue weighted by atomic mass is 10.1. The fourth-order valence-corrected chi connectivity index (χ4v) is 2.79. The Balaban J connectivity index is 2.22. The fourth-order valence-electron chi connectivity index (χ4n) is 1.91. The third-order valence-electron chi connectivity index (χ3n) is 2.67. The van der Waals surface area contributed by atoms with Gasteiger partial charge < -0.3 is 10.6 Å². The number of piperidine rings is 1. The Morgan fingerprint density at radius 3 is 2.50 bits per heavy atom. The normalized spacial score (nSPS) is 17.1. The van der Waals surface area contributed by atoms with Crippen LogP contribution in [0.1, 0.15) is 19.3 Å². The number of hydrogen-bond donors (Lipinski definition) is 1. The first-order valence-corrected chi connectivity index (χ1v) is 6.15. The Labute approximate surface area is 98.6 Å². The van der Waals surface area contributed by atoms with E-state index in [1.54, 1.807) is 0 Å². The van der Waals surface area contributed by atoms with Crippen LogP contribution in [0.4, 0.5) is 11.4 Å². The molecule has 1 heterocycles. The van der Waals surface area contributed by atoms with Gasteiger partial charge in [-0.05, 0) is 60.1 Å². The van der Waals surface area contributed by atoms with Gasteiger partial charge in [-0.3, -0.25) is 0 Å². The quantitative estimate of drug-likeness (QED) is 0.638. The number of nitrogens with zero attached hydrogens (tertiary/aromatic N) is 1. The molecule has 1 aromatic carbocycles. The lowest BCUT2D eigenvalue weighted by molar-refractivity contribution is 0.577. The Morgan fingerprint density at radius 1 is 1.14 bits per heavy atom. The molecule has 0 aliphatic carbocycles. The molecule has 3 heteroatoms. The molecule has 0 atom stereocenters. The summed E-state index contributed by atoms with van der Waals surface area (Å²) in [5.41, 5.74) is 7.94. The monoisotopic (exact) mass is 302 g/mol. The standard InChI is InChI=1S/C11H15IN2/c12-10-8-9(13)4-5-11(10)14-6-2-1-3-7-14/h4-5,8H,1-3,6-7,13H2. The Hall–Kier alpha value is -0.450. The van der Waals surface area contributed by atoms with Crippen LogP contribution in [0.5, 0.6) is 0 Å². The van der Waals surface area contributed by atoms with Gasteiger partial charge in [0.25, 0.3) is 0 Å². The van der Waals surface area contributed by atoms with Gasteiger partial charge in [0.1, 0.15) is 0 Å². The summed E-state index contributed by atoms with van der Waals surface area (Å²) in [5.74, 6) is 0. The number of nitrogens with two attached hydrogens (primary N) is 1. The minimum Gasteiger partial charge on any atom is -0.399 e. The molecule has 14 heavy (non-hydrogen) atoms. The van der Waals surface area contributed by atoms with Gasteiger partial charge in [0.05, 0.1) is 5.69 Å². The average molecular weight is 302 g/mol. The number of benzene rings is 1. The maximum atomic E-state index is 5.73. The molecule has 2 rings (SSSR count). The van der Waals surface area contributed by atoms with Crippen LogP contribution in [0.15, 0.2) is 18.2 Å². The van der Waals surface area contributed by atoms with Gasteiger partial charge in [0, 0.05) is 22.3 Å². The van der Waals surface area contributed by atoms with Gasteiger partial charge >= 0.3 is 0 Å². The first-order valence-electron chi connectivity index (χ1n) is 5.07. The lowest BCUT2D eigenvalue weighted by Crippen LogP contribution is -2.29. The van der Waals surface area contributed by atoms with Crippen molar-refractivity contribution in [2.45, 2.75) is 19.3 Å². The first-order chi connectivity index (χ1) is 6.77. The summed E-state index contributed by atoms with van der Waals surface area (Å²) in [6.45, 7) is 2.39. The zero-order valence-electron chi connectivity index (χ0n) is 8.17. The third-order valence-corrected chi connectivity index (χ3v) is 3.53. The van der Waals surface area contributed by atoms with E-state index in [2.05, 4.69) is 33.6 Å². The van der Waals surface area contributed by atoms with Crippen LogP contribution in [0.25, 0.3) is 0 Å². The van der Waals surface area contributed by atoms with E-state index in [1.165, 1.54) is 41.6 Å². The summed E-state index contributed by atoms with van der Waals surface area (Å²) in [4.78, 5) is 2.46. The minimum atomic E-state index is 0.857. The zero-order chi connectivity index (χ0) is 9.97. The van der Waals surface area contributed by atoms with Crippen molar-refractivity contribution in [2.24, 2.45) is 0 Å². The van der Waals surface area contributed by atoms with Crippen LogP contribution >= 0.6 is 22.6 Å². The molecule has 0 saturated carbocycles. The van der Waals surface area contributed by atoms with E-state index in [-0.39, 0.29) is 0 Å². The van der Waals surface area contributed by atoms with E-state index >= 15 is 0 Å². The van der Waals surface area contributed by atoms with Crippen molar-refractivity contribution in [1.29, 1.82) is 0 Å². The van der Waals surface area contributed by atoms with E-state index in [4.69, 9.17) is 5.73 Å². The van der Waals surface area contributed by atoms with Gasteiger partial charge in [-0.1, -0.05) is 0 Å². The molecular formula is C11H15IN2. The molecule has 1 saturated heterocycles. The second-order valence-corrected chi connectivity index (χ2v) is 4.92. The van der Waals surface area contributed by atoms with Crippen molar-refractivity contribution < 1.29 is 0 Å². The minimum absolute atomic E-state index is 0.857. The Bertz CT molecular complexity index is 319. The molecule has 1 aliphatic rings. The first kappa shape index (κ1) is 10.1. The molecule has 0 bridgehead atoms. The van der Waals surface area contributed by atoms with E-state index in [9.17, 15) is 0 Å². The van der Waals surface area contributed by atoms with Crippen molar-refractivity contribution in [3.05, 3.63) is 21.8 Å². The summed E-state index contributed by atoms with van der Waals surface area (Å²) >= 11 is 2.37. The van der Waals surface area contributed by atoms with Crippen LogP contribution in [0.3, 0.4) is 0 Å². The number of nitrogen functional groups attached to an aromatic ring is 1. The molecule has 0 amide bonds. The highest BCUT2D eigenvalue weighted by molar-refractivity contribution is 14.1. The summed E-state index contributed by atoms with van der Waals surface area (Å²) in [5, 5.41) is 0. The van der Waals surface area contributed by atoms with Crippen molar-refractivity contribution in [3.8, 4) is 0 Å². The topological polar surface area (TPSA) is 29.3 Å². The third kappa shape index (κ3) is 2.13. The lowest BCUT2D eigenvalue weighted by Gasteiger charge is -2.29. The molecule has 1 aromatic rings. The SMILES string of the molecule is Nc1ccc(N2CCCCC2)c(I)c1. The predicted octanol–water partition coefficient (Wildman–Crippen LogP) is 2.86. The van der Waals surface area contributed by atoms with E-state index < -0.39 is 0 Å². The van der Waals surface area contributed by atoms with Gasteiger partial charge in [0.15, 0.2) is 0 Å². The Kier molecular flexibility index (Phi) is 3.15. The molecule has 1 fully saturated rings. The van der Waals surface area contributed by atoms with Crippen LogP contribution in [0.2, 0.25) is 0 Å². The van der Waals surface area contributed by atoms with Crippen LogP contribution < -0.4 is 10.6 Å². The molecule has 0 radical (unpaired) electrons. The molecule has 0 unspecified atom stereocenters. The van der Waals surface area contributed by atoms with Crippen LogP contribution in [-0.2, 0) is 0 Å². The summed E-state index contributed by atoms with van der Waals surface area (Å²) in [7, 11) is 0. The molecule has 2 N–H and O–H groups in total. The molecule has 1 aliphatic heterocycles. The maximum Gasteiger partial charge on any atom is 0.0503 e. The van der Waals surface area contributed by atoms with Crippen molar-refractivity contribution >= 4 is 34.0 Å². The number of anilines is 2. The van der Waals surface area contributed by atoms with Gasteiger partial charge in [-0.15, -0.1) is 0 Å². The Morgan fingerprint density at radius 2 is 1.86 bits per heavy atom. The highest BCUT2D eigenvalue weighted by atomic mass is 127. The zero-order valence-corrected chi connectivity index (χ0v) is 10.3. The average Bonchev–Trinajstić information content (AvgIpc) is 2.19. The molecule has 0 aromatic heterocycles. The smallest absolute Gasteiger partial charge is 0.0503 e. The highest BCUT2D eigenvalue weighted by Crippen LogP contribution is 2.27. The highest BCUT2D eigenvalue weighted by Gasteiger charge is 2.12. The van der Waals surface area contributed by atoms with Crippen molar-refractivity contribution in [1.82, 2.24) is 0 Å². The summed E-state index contributed by atoms with van der Waals surface area (Å²) in [6, 6.07) is 6.18. The van der Waals surface area contributed by atoms with Crippen LogP contribution in [0, 0.1) is 3.57 Å². The summed E-state index contributed by atoms with van der Waals surface area (Å²) < 4.78 is 1.27. The molecule has 2 nitrogen and oxygen atoms in total. The van der Waals surface area contributed by atoms with Crippen molar-refractivity contribution in [3.63, 3.8) is 0 Å². The van der Waals surface area contributed by atoms with Crippen molar-refractivity contribution in [2.75, 3.05) is 23.7 Å². The molecule has 0 spiro atoms. The van der Waals surface area contributed by atoms with Gasteiger partial charge in [-0.2, -0.15) is 0 Å². The predicted molar refractivity (Wildman–Crippen MR) is 69.6 cm³/mol. The second-order valence-electron chi connectivity index (χ2n) is 3.76. The number of halogens is 1. The van der Waals surface area contributed by atoms with E-state index in [0.29, 0.717) is 0 Å². The van der Waals surface area contributed by atoms with E-state index in [0.717, 1.165) is 5.69 Å². The van der Waals surface area contributed by atoms with E-state index in [1.807, 2.05) is 12.1 Å². The largest absolute Gasteiger partial charge is 0.399 e.